The average Bonchev–Trinajstić information content (AvgIpc) is 2.57. The molecule has 0 saturated heterocycles. The van der Waals surface area contributed by atoms with Gasteiger partial charge in [-0.15, -0.1) is 0 Å². The average molecular weight is 393 g/mol. The van der Waals surface area contributed by atoms with Crippen molar-refractivity contribution in [2.75, 3.05) is 25.6 Å². The van der Waals surface area contributed by atoms with E-state index in [4.69, 9.17) is 16.3 Å². The molecule has 1 heterocycles. The van der Waals surface area contributed by atoms with E-state index < -0.39 is 6.10 Å². The van der Waals surface area contributed by atoms with Gasteiger partial charge in [-0.2, -0.15) is 0 Å². The molecule has 6 nitrogen and oxygen atoms in total. The summed E-state index contributed by atoms with van der Waals surface area (Å²) >= 11 is 6.38. The van der Waals surface area contributed by atoms with E-state index in [1.807, 2.05) is 18.2 Å². The van der Waals surface area contributed by atoms with E-state index in [2.05, 4.69) is 53.1 Å². The SMILES string of the molecule is COC[C@H](O)CN(Cc1ccccc1)Cc1ncc(NC(C)(C)C)nc1Cl. The molecule has 0 radical (unpaired) electrons. The van der Waals surface area contributed by atoms with Crippen molar-refractivity contribution < 1.29 is 9.84 Å². The predicted octanol–water partition coefficient (Wildman–Crippen LogP) is 3.35. The summed E-state index contributed by atoms with van der Waals surface area (Å²) in [6, 6.07) is 10.1. The Morgan fingerprint density at radius 1 is 1.22 bits per heavy atom. The molecule has 27 heavy (non-hydrogen) atoms. The van der Waals surface area contributed by atoms with Crippen molar-refractivity contribution in [1.82, 2.24) is 14.9 Å². The summed E-state index contributed by atoms with van der Waals surface area (Å²) in [4.78, 5) is 11.0. The summed E-state index contributed by atoms with van der Waals surface area (Å²) < 4.78 is 5.05. The van der Waals surface area contributed by atoms with Crippen LogP contribution in [0.15, 0.2) is 36.5 Å². The van der Waals surface area contributed by atoms with Gasteiger partial charge < -0.3 is 15.2 Å². The zero-order valence-corrected chi connectivity index (χ0v) is 17.2. The molecule has 1 aromatic heterocycles. The lowest BCUT2D eigenvalue weighted by Crippen LogP contribution is -2.34. The van der Waals surface area contributed by atoms with Gasteiger partial charge in [0.2, 0.25) is 0 Å². The highest BCUT2D eigenvalue weighted by molar-refractivity contribution is 6.30. The van der Waals surface area contributed by atoms with Crippen LogP contribution in [0.2, 0.25) is 5.15 Å². The van der Waals surface area contributed by atoms with Gasteiger partial charge in [-0.3, -0.25) is 9.88 Å². The predicted molar refractivity (Wildman–Crippen MR) is 109 cm³/mol. The van der Waals surface area contributed by atoms with Crippen LogP contribution in [-0.2, 0) is 17.8 Å². The van der Waals surface area contributed by atoms with Gasteiger partial charge in [0.05, 0.1) is 24.6 Å². The quantitative estimate of drug-likeness (QED) is 0.682. The largest absolute Gasteiger partial charge is 0.389 e. The lowest BCUT2D eigenvalue weighted by molar-refractivity contribution is 0.0335. The van der Waals surface area contributed by atoms with E-state index in [9.17, 15) is 5.11 Å². The number of benzene rings is 1. The van der Waals surface area contributed by atoms with Gasteiger partial charge in [0.1, 0.15) is 5.82 Å². The summed E-state index contributed by atoms with van der Waals surface area (Å²) in [7, 11) is 1.58. The topological polar surface area (TPSA) is 70.5 Å². The standard InChI is InChI=1S/C20H29ClN4O2/c1-20(2,3)24-18-10-22-17(19(21)23-18)13-25(12-16(26)14-27-4)11-15-8-6-5-7-9-15/h5-10,16,26H,11-14H2,1-4H3,(H,23,24)/t16-/m1/s1. The summed E-state index contributed by atoms with van der Waals surface area (Å²) in [6.45, 7) is 8.03. The van der Waals surface area contributed by atoms with Gasteiger partial charge in [0, 0.05) is 32.3 Å². The Hall–Kier alpha value is -1.73. The Kier molecular flexibility index (Phi) is 7.98. The molecule has 1 atom stereocenters. The number of methoxy groups -OCH3 is 1. The minimum absolute atomic E-state index is 0.122. The van der Waals surface area contributed by atoms with Gasteiger partial charge in [0.25, 0.3) is 0 Å². The minimum atomic E-state index is -0.590. The van der Waals surface area contributed by atoms with Crippen molar-refractivity contribution in [3.63, 3.8) is 0 Å². The molecule has 0 fully saturated rings. The second kappa shape index (κ2) is 9.99. The maximum Gasteiger partial charge on any atom is 0.154 e. The van der Waals surface area contributed by atoms with E-state index in [1.165, 1.54) is 0 Å². The molecular formula is C20H29ClN4O2. The minimum Gasteiger partial charge on any atom is -0.389 e. The van der Waals surface area contributed by atoms with Gasteiger partial charge in [-0.25, -0.2) is 4.98 Å². The fraction of sp³-hybridized carbons (Fsp3) is 0.500. The molecular weight excluding hydrogens is 364 g/mol. The number of aliphatic hydroxyl groups is 1. The van der Waals surface area contributed by atoms with Crippen LogP contribution >= 0.6 is 11.6 Å². The van der Waals surface area contributed by atoms with Crippen LogP contribution < -0.4 is 5.32 Å². The van der Waals surface area contributed by atoms with Gasteiger partial charge in [0.15, 0.2) is 5.15 Å². The van der Waals surface area contributed by atoms with E-state index in [0.29, 0.717) is 36.3 Å². The first-order valence-electron chi connectivity index (χ1n) is 8.99. The van der Waals surface area contributed by atoms with Gasteiger partial charge in [-0.1, -0.05) is 41.9 Å². The third kappa shape index (κ3) is 7.81. The number of aliphatic hydroxyl groups excluding tert-OH is 1. The Morgan fingerprint density at radius 3 is 2.52 bits per heavy atom. The Bertz CT molecular complexity index is 707. The lowest BCUT2D eigenvalue weighted by atomic mass is 10.1. The summed E-state index contributed by atoms with van der Waals surface area (Å²) in [5, 5.41) is 13.8. The number of ether oxygens (including phenoxy) is 1. The molecule has 0 unspecified atom stereocenters. The summed E-state index contributed by atoms with van der Waals surface area (Å²) in [6.07, 6.45) is 1.10. The molecule has 1 aromatic carbocycles. The molecule has 0 spiro atoms. The Morgan fingerprint density at radius 2 is 1.93 bits per heavy atom. The van der Waals surface area contributed by atoms with Crippen molar-refractivity contribution in [2.45, 2.75) is 45.5 Å². The number of hydrogen-bond donors (Lipinski definition) is 2. The molecule has 0 aliphatic carbocycles. The van der Waals surface area contributed by atoms with Crippen LogP contribution in [-0.4, -0.2) is 51.9 Å². The molecule has 2 N–H and O–H groups in total. The molecule has 148 valence electrons. The number of halogens is 1. The number of anilines is 1. The monoisotopic (exact) mass is 392 g/mol. The van der Waals surface area contributed by atoms with E-state index in [0.717, 1.165) is 5.56 Å². The van der Waals surface area contributed by atoms with Crippen molar-refractivity contribution in [3.05, 3.63) is 52.9 Å². The molecule has 2 rings (SSSR count). The molecule has 0 saturated carbocycles. The molecule has 7 heteroatoms. The molecule has 2 aromatic rings. The van der Waals surface area contributed by atoms with Crippen LogP contribution in [0.25, 0.3) is 0 Å². The number of nitrogens with one attached hydrogen (secondary N) is 1. The zero-order chi connectivity index (χ0) is 19.9. The van der Waals surface area contributed by atoms with Crippen molar-refractivity contribution in [1.29, 1.82) is 0 Å². The third-order valence-electron chi connectivity index (χ3n) is 3.75. The summed E-state index contributed by atoms with van der Waals surface area (Å²) in [5.41, 5.74) is 1.71. The number of rotatable bonds is 9. The number of nitrogens with zero attached hydrogens (tertiary/aromatic N) is 3. The van der Waals surface area contributed by atoms with Crippen LogP contribution in [0.4, 0.5) is 5.82 Å². The van der Waals surface area contributed by atoms with E-state index >= 15 is 0 Å². The van der Waals surface area contributed by atoms with Crippen molar-refractivity contribution in [3.8, 4) is 0 Å². The smallest absolute Gasteiger partial charge is 0.154 e. The highest BCUT2D eigenvalue weighted by Gasteiger charge is 2.17. The van der Waals surface area contributed by atoms with Crippen LogP contribution in [0.3, 0.4) is 0 Å². The second-order valence-corrected chi connectivity index (χ2v) is 7.99. The Labute approximate surface area is 166 Å². The van der Waals surface area contributed by atoms with Crippen molar-refractivity contribution in [2.24, 2.45) is 0 Å². The molecule has 0 amide bonds. The first kappa shape index (κ1) is 21.6. The fourth-order valence-electron chi connectivity index (χ4n) is 2.72. The van der Waals surface area contributed by atoms with Crippen LogP contribution in [0.1, 0.15) is 32.0 Å². The maximum absolute atomic E-state index is 10.2. The lowest BCUT2D eigenvalue weighted by Gasteiger charge is -2.25. The fourth-order valence-corrected chi connectivity index (χ4v) is 2.92. The summed E-state index contributed by atoms with van der Waals surface area (Å²) in [5.74, 6) is 0.644. The van der Waals surface area contributed by atoms with E-state index in [1.54, 1.807) is 13.3 Å². The first-order chi connectivity index (χ1) is 12.8. The highest BCUT2D eigenvalue weighted by atomic mass is 35.5. The second-order valence-electron chi connectivity index (χ2n) is 7.63. The number of aromatic nitrogens is 2. The Balaban J connectivity index is 2.13. The van der Waals surface area contributed by atoms with Crippen molar-refractivity contribution >= 4 is 17.4 Å². The highest BCUT2D eigenvalue weighted by Crippen LogP contribution is 2.19. The van der Waals surface area contributed by atoms with Gasteiger partial charge >= 0.3 is 0 Å². The molecule has 0 aliphatic rings. The molecule has 0 aliphatic heterocycles. The molecule has 0 bridgehead atoms. The first-order valence-corrected chi connectivity index (χ1v) is 9.37. The number of hydrogen-bond acceptors (Lipinski definition) is 6. The van der Waals surface area contributed by atoms with Gasteiger partial charge in [-0.05, 0) is 26.3 Å². The zero-order valence-electron chi connectivity index (χ0n) is 16.4. The maximum atomic E-state index is 10.2. The normalized spacial score (nSPS) is 13.0. The third-order valence-corrected chi connectivity index (χ3v) is 4.06. The van der Waals surface area contributed by atoms with E-state index in [-0.39, 0.29) is 12.1 Å². The van der Waals surface area contributed by atoms with Crippen LogP contribution in [0, 0.1) is 0 Å². The van der Waals surface area contributed by atoms with Crippen LogP contribution in [0.5, 0.6) is 0 Å².